The van der Waals surface area contributed by atoms with E-state index in [9.17, 15) is 17.6 Å². The van der Waals surface area contributed by atoms with Gasteiger partial charge in [0.2, 0.25) is 0 Å². The first-order valence-corrected chi connectivity index (χ1v) is 9.85. The first-order valence-electron chi connectivity index (χ1n) is 7.59. The van der Waals surface area contributed by atoms with Gasteiger partial charge in [0, 0.05) is 23.5 Å². The van der Waals surface area contributed by atoms with Crippen molar-refractivity contribution in [3.8, 4) is 0 Å². The summed E-state index contributed by atoms with van der Waals surface area (Å²) in [7, 11) is -3.42. The molecule has 0 bridgehead atoms. The molecule has 0 unspecified atom stereocenters. The number of thiophene rings is 1. The maximum absolute atomic E-state index is 12.9. The predicted molar refractivity (Wildman–Crippen MR) is 89.9 cm³/mol. The molecule has 24 heavy (non-hydrogen) atoms. The minimum atomic E-state index is -3.42. The van der Waals surface area contributed by atoms with Crippen LogP contribution in [0.4, 0.5) is 4.39 Å². The van der Waals surface area contributed by atoms with Gasteiger partial charge < -0.3 is 5.32 Å². The molecular formula is C16H17FN2O3S2. The number of nitrogens with one attached hydrogen (secondary N) is 1. The van der Waals surface area contributed by atoms with Crippen LogP contribution in [0.25, 0.3) is 0 Å². The molecule has 0 saturated carbocycles. The minimum absolute atomic E-state index is 0.233. The Morgan fingerprint density at radius 2 is 1.79 bits per heavy atom. The summed E-state index contributed by atoms with van der Waals surface area (Å²) in [4.78, 5) is 12.7. The zero-order valence-electron chi connectivity index (χ0n) is 12.9. The molecule has 1 N–H and O–H groups in total. The van der Waals surface area contributed by atoms with Crippen molar-refractivity contribution in [2.75, 3.05) is 13.1 Å². The van der Waals surface area contributed by atoms with E-state index in [-0.39, 0.29) is 12.5 Å². The molecule has 1 aliphatic heterocycles. The molecule has 5 nitrogen and oxygen atoms in total. The van der Waals surface area contributed by atoms with Crippen LogP contribution in [-0.4, -0.2) is 31.7 Å². The van der Waals surface area contributed by atoms with E-state index in [1.165, 1.54) is 28.6 Å². The number of benzene rings is 1. The molecule has 0 spiro atoms. The fourth-order valence-corrected chi connectivity index (χ4v) is 5.49. The Labute approximate surface area is 144 Å². The van der Waals surface area contributed by atoms with Crippen molar-refractivity contribution in [1.29, 1.82) is 0 Å². The van der Waals surface area contributed by atoms with Crippen LogP contribution in [0.5, 0.6) is 0 Å². The molecule has 3 rings (SSSR count). The van der Waals surface area contributed by atoms with Gasteiger partial charge in [0.15, 0.2) is 0 Å². The van der Waals surface area contributed by atoms with Gasteiger partial charge in [0.25, 0.3) is 15.9 Å². The number of halogens is 1. The van der Waals surface area contributed by atoms with Gasteiger partial charge in [-0.2, -0.15) is 4.31 Å². The van der Waals surface area contributed by atoms with E-state index in [1.807, 2.05) is 0 Å². The lowest BCUT2D eigenvalue weighted by molar-refractivity contribution is 0.0951. The Hall–Kier alpha value is -1.77. The first kappa shape index (κ1) is 17.1. The number of rotatable bonds is 5. The second kappa shape index (κ2) is 7.00. The Balaban J connectivity index is 1.64. The van der Waals surface area contributed by atoms with E-state index in [4.69, 9.17) is 0 Å². The highest BCUT2D eigenvalue weighted by atomic mass is 32.2. The summed E-state index contributed by atoms with van der Waals surface area (Å²) in [6.45, 7) is 1.37. The third-order valence-corrected chi connectivity index (χ3v) is 7.28. The van der Waals surface area contributed by atoms with Crippen LogP contribution in [0.15, 0.2) is 40.6 Å². The number of amides is 1. The molecule has 0 radical (unpaired) electrons. The summed E-state index contributed by atoms with van der Waals surface area (Å²) >= 11 is 1.16. The van der Waals surface area contributed by atoms with Crippen LogP contribution >= 0.6 is 11.3 Å². The summed E-state index contributed by atoms with van der Waals surface area (Å²) in [6, 6.07) is 8.54. The molecule has 1 aromatic heterocycles. The van der Waals surface area contributed by atoms with Crippen molar-refractivity contribution < 1.29 is 17.6 Å². The lowest BCUT2D eigenvalue weighted by Crippen LogP contribution is -2.27. The molecular weight excluding hydrogens is 351 g/mol. The number of nitrogens with zero attached hydrogens (tertiary/aromatic N) is 1. The minimum Gasteiger partial charge on any atom is -0.347 e. The lowest BCUT2D eigenvalue weighted by Gasteiger charge is -2.13. The largest absolute Gasteiger partial charge is 0.347 e. The van der Waals surface area contributed by atoms with Gasteiger partial charge in [-0.3, -0.25) is 4.79 Å². The average Bonchev–Trinajstić information content (AvgIpc) is 3.25. The molecule has 1 amide bonds. The van der Waals surface area contributed by atoms with Crippen molar-refractivity contribution in [1.82, 2.24) is 9.62 Å². The van der Waals surface area contributed by atoms with Crippen LogP contribution in [0.2, 0.25) is 0 Å². The Morgan fingerprint density at radius 1 is 1.12 bits per heavy atom. The van der Waals surface area contributed by atoms with Crippen molar-refractivity contribution in [3.63, 3.8) is 0 Å². The summed E-state index contributed by atoms with van der Waals surface area (Å²) in [5.74, 6) is -0.728. The van der Waals surface area contributed by atoms with Crippen LogP contribution in [0, 0.1) is 5.82 Å². The molecule has 0 atom stereocenters. The standard InChI is InChI=1S/C16H17FN2O3S2/c17-13-5-3-12(4-6-13)16(20)18-11-14-7-8-15(23-14)24(21,22)19-9-1-2-10-19/h3-8H,1-2,9-11H2,(H,18,20). The van der Waals surface area contributed by atoms with Crippen molar-refractivity contribution in [2.45, 2.75) is 23.6 Å². The molecule has 0 aliphatic carbocycles. The van der Waals surface area contributed by atoms with Crippen molar-refractivity contribution >= 4 is 27.3 Å². The Morgan fingerprint density at radius 3 is 2.46 bits per heavy atom. The predicted octanol–water partition coefficient (Wildman–Crippen LogP) is 2.60. The molecule has 1 aliphatic rings. The van der Waals surface area contributed by atoms with E-state index in [1.54, 1.807) is 12.1 Å². The smallest absolute Gasteiger partial charge is 0.252 e. The highest BCUT2D eigenvalue weighted by Crippen LogP contribution is 2.27. The van der Waals surface area contributed by atoms with E-state index >= 15 is 0 Å². The molecule has 1 saturated heterocycles. The number of carbonyl (C=O) groups is 1. The van der Waals surface area contributed by atoms with E-state index in [0.29, 0.717) is 22.9 Å². The number of hydrogen-bond donors (Lipinski definition) is 1. The average molecular weight is 368 g/mol. The first-order chi connectivity index (χ1) is 11.5. The molecule has 1 aromatic carbocycles. The molecule has 128 valence electrons. The van der Waals surface area contributed by atoms with Gasteiger partial charge in [-0.1, -0.05) is 0 Å². The lowest BCUT2D eigenvalue weighted by atomic mass is 10.2. The second-order valence-electron chi connectivity index (χ2n) is 5.52. The van der Waals surface area contributed by atoms with E-state index in [2.05, 4.69) is 5.32 Å². The van der Waals surface area contributed by atoms with Crippen LogP contribution in [-0.2, 0) is 16.6 Å². The highest BCUT2D eigenvalue weighted by Gasteiger charge is 2.28. The van der Waals surface area contributed by atoms with Crippen molar-refractivity contribution in [3.05, 3.63) is 52.7 Å². The molecule has 2 aromatic rings. The maximum atomic E-state index is 12.9. The third kappa shape index (κ3) is 3.66. The van der Waals surface area contributed by atoms with Gasteiger partial charge in [-0.15, -0.1) is 11.3 Å². The van der Waals surface area contributed by atoms with Gasteiger partial charge >= 0.3 is 0 Å². The van der Waals surface area contributed by atoms with Gasteiger partial charge in [0.05, 0.1) is 6.54 Å². The Bertz CT molecular complexity index is 825. The van der Waals surface area contributed by atoms with Crippen LogP contribution in [0.1, 0.15) is 28.1 Å². The summed E-state index contributed by atoms with van der Waals surface area (Å²) in [5.41, 5.74) is 0.359. The molecule has 8 heteroatoms. The summed E-state index contributed by atoms with van der Waals surface area (Å²) in [5, 5.41) is 2.71. The molecule has 2 heterocycles. The number of carbonyl (C=O) groups excluding carboxylic acids is 1. The fraction of sp³-hybridized carbons (Fsp3) is 0.312. The highest BCUT2D eigenvalue weighted by molar-refractivity contribution is 7.91. The second-order valence-corrected chi connectivity index (χ2v) is 8.85. The summed E-state index contributed by atoms with van der Waals surface area (Å²) in [6.07, 6.45) is 1.79. The quantitative estimate of drug-likeness (QED) is 0.882. The van der Waals surface area contributed by atoms with Crippen LogP contribution in [0.3, 0.4) is 0 Å². The van der Waals surface area contributed by atoms with Crippen LogP contribution < -0.4 is 5.32 Å². The van der Waals surface area contributed by atoms with Gasteiger partial charge in [-0.05, 0) is 49.2 Å². The topological polar surface area (TPSA) is 66.5 Å². The number of hydrogen-bond acceptors (Lipinski definition) is 4. The third-order valence-electron chi connectivity index (χ3n) is 3.83. The normalized spacial score (nSPS) is 15.5. The van der Waals surface area contributed by atoms with Gasteiger partial charge in [0.1, 0.15) is 10.0 Å². The van der Waals surface area contributed by atoms with Crippen molar-refractivity contribution in [2.24, 2.45) is 0 Å². The monoisotopic (exact) mass is 368 g/mol. The van der Waals surface area contributed by atoms with E-state index < -0.39 is 15.8 Å². The molecule has 1 fully saturated rings. The fourth-order valence-electron chi connectivity index (χ4n) is 2.52. The maximum Gasteiger partial charge on any atom is 0.252 e. The Kier molecular flexibility index (Phi) is 4.98. The summed E-state index contributed by atoms with van der Waals surface area (Å²) < 4.78 is 39.6. The van der Waals surface area contributed by atoms with E-state index in [0.717, 1.165) is 29.1 Å². The number of sulfonamides is 1. The SMILES string of the molecule is O=C(NCc1ccc(S(=O)(=O)N2CCCC2)s1)c1ccc(F)cc1. The van der Waals surface area contributed by atoms with Gasteiger partial charge in [-0.25, -0.2) is 12.8 Å². The zero-order chi connectivity index (χ0) is 17.2. The zero-order valence-corrected chi connectivity index (χ0v) is 14.5.